The summed E-state index contributed by atoms with van der Waals surface area (Å²) in [6.07, 6.45) is 0.198. The molecular formula is C18H17Cl2N3O5S. The van der Waals surface area contributed by atoms with Crippen LogP contribution in [0.15, 0.2) is 36.4 Å². The van der Waals surface area contributed by atoms with E-state index in [2.05, 4.69) is 10.0 Å². The molecule has 1 fully saturated rings. The van der Waals surface area contributed by atoms with Gasteiger partial charge in [0.25, 0.3) is 10.2 Å². The summed E-state index contributed by atoms with van der Waals surface area (Å²) in [5, 5.41) is 3.17. The first-order valence-electron chi connectivity index (χ1n) is 8.66. The second kappa shape index (κ2) is 7.66. The molecule has 2 aromatic carbocycles. The van der Waals surface area contributed by atoms with Crippen molar-refractivity contribution in [3.63, 3.8) is 0 Å². The fraction of sp³-hybridized carbons (Fsp3) is 0.278. The number of para-hydroxylation sites is 1. The summed E-state index contributed by atoms with van der Waals surface area (Å²) in [6, 6.07) is 8.39. The lowest BCUT2D eigenvalue weighted by Gasteiger charge is -2.36. The minimum absolute atomic E-state index is 0.113. The third-order valence-corrected chi connectivity index (χ3v) is 7.11. The third-order valence-electron chi connectivity index (χ3n) is 4.88. The van der Waals surface area contributed by atoms with Gasteiger partial charge in [-0.15, -0.1) is 0 Å². The minimum Gasteiger partial charge on any atom is -0.454 e. The molecule has 0 bridgehead atoms. The van der Waals surface area contributed by atoms with Gasteiger partial charge in [-0.1, -0.05) is 35.3 Å². The number of halogens is 2. The Morgan fingerprint density at radius 1 is 1.17 bits per heavy atom. The highest BCUT2D eigenvalue weighted by atomic mass is 35.5. The van der Waals surface area contributed by atoms with E-state index in [1.165, 1.54) is 7.05 Å². The fourth-order valence-corrected chi connectivity index (χ4v) is 5.05. The zero-order valence-electron chi connectivity index (χ0n) is 15.2. The molecule has 4 rings (SSSR count). The van der Waals surface area contributed by atoms with E-state index < -0.39 is 28.2 Å². The standard InChI is InChI=1S/C18H17Cl2N3O5S/c1-23-14(18(24)21-17-11(19)3-2-4-12(17)20)8-13(22-29(23,25)26)10-5-6-15-16(7-10)28-9-27-15/h2-7,13-14,22H,8-9H2,1H3,(H,21,24). The van der Waals surface area contributed by atoms with Crippen LogP contribution in [0.5, 0.6) is 11.5 Å². The highest BCUT2D eigenvalue weighted by Gasteiger charge is 2.41. The topological polar surface area (TPSA) is 97.0 Å². The summed E-state index contributed by atoms with van der Waals surface area (Å²) in [6.45, 7) is 0.113. The molecule has 8 nitrogen and oxygen atoms in total. The smallest absolute Gasteiger partial charge is 0.280 e. The lowest BCUT2D eigenvalue weighted by Crippen LogP contribution is -2.55. The molecule has 11 heteroatoms. The normalized spacial score (nSPS) is 23.0. The molecule has 29 heavy (non-hydrogen) atoms. The van der Waals surface area contributed by atoms with Gasteiger partial charge < -0.3 is 14.8 Å². The van der Waals surface area contributed by atoms with Gasteiger partial charge in [-0.3, -0.25) is 4.79 Å². The highest BCUT2D eigenvalue weighted by molar-refractivity contribution is 7.87. The van der Waals surface area contributed by atoms with Crippen LogP contribution in [-0.4, -0.2) is 38.5 Å². The largest absolute Gasteiger partial charge is 0.454 e. The molecule has 2 aliphatic rings. The molecular weight excluding hydrogens is 441 g/mol. The van der Waals surface area contributed by atoms with Crippen molar-refractivity contribution >= 4 is 45.0 Å². The number of carbonyl (C=O) groups is 1. The van der Waals surface area contributed by atoms with Gasteiger partial charge in [-0.25, -0.2) is 0 Å². The van der Waals surface area contributed by atoms with Crippen LogP contribution in [0.4, 0.5) is 5.69 Å². The van der Waals surface area contributed by atoms with E-state index in [-0.39, 0.29) is 28.9 Å². The Morgan fingerprint density at radius 2 is 1.86 bits per heavy atom. The predicted molar refractivity (Wildman–Crippen MR) is 109 cm³/mol. The number of rotatable bonds is 3. The number of likely N-dealkylation sites (N-methyl/N-ethyl adjacent to an activating group) is 1. The molecule has 0 aromatic heterocycles. The van der Waals surface area contributed by atoms with Crippen LogP contribution in [-0.2, 0) is 15.0 Å². The quantitative estimate of drug-likeness (QED) is 0.738. The van der Waals surface area contributed by atoms with Gasteiger partial charge >= 0.3 is 0 Å². The second-order valence-electron chi connectivity index (χ2n) is 6.64. The number of nitrogens with zero attached hydrogens (tertiary/aromatic N) is 1. The molecule has 0 spiro atoms. The number of hydrogen-bond acceptors (Lipinski definition) is 5. The van der Waals surface area contributed by atoms with Gasteiger partial charge in [-0.05, 0) is 36.2 Å². The molecule has 1 saturated heterocycles. The van der Waals surface area contributed by atoms with Crippen LogP contribution in [0.25, 0.3) is 0 Å². The van der Waals surface area contributed by atoms with Gasteiger partial charge in [0.2, 0.25) is 12.7 Å². The van der Waals surface area contributed by atoms with E-state index in [1.54, 1.807) is 36.4 Å². The number of nitrogens with one attached hydrogen (secondary N) is 2. The number of ether oxygens (including phenoxy) is 2. The van der Waals surface area contributed by atoms with E-state index in [1.807, 2.05) is 0 Å². The van der Waals surface area contributed by atoms with E-state index >= 15 is 0 Å². The Hall–Kier alpha value is -2.04. The monoisotopic (exact) mass is 457 g/mol. The Bertz CT molecular complexity index is 1060. The molecule has 0 saturated carbocycles. The van der Waals surface area contributed by atoms with Crippen molar-refractivity contribution in [3.05, 3.63) is 52.0 Å². The van der Waals surface area contributed by atoms with E-state index in [9.17, 15) is 13.2 Å². The number of benzene rings is 2. The van der Waals surface area contributed by atoms with Crippen molar-refractivity contribution in [1.29, 1.82) is 0 Å². The first-order valence-corrected chi connectivity index (χ1v) is 10.9. The summed E-state index contributed by atoms with van der Waals surface area (Å²) < 4.78 is 39.5. The number of hydrogen-bond donors (Lipinski definition) is 2. The van der Waals surface area contributed by atoms with Crippen molar-refractivity contribution in [2.75, 3.05) is 19.2 Å². The number of anilines is 1. The first kappa shape index (κ1) is 20.2. The SMILES string of the molecule is CN1C(C(=O)Nc2c(Cl)cccc2Cl)CC(c2ccc3c(c2)OCO3)NS1(=O)=O. The maximum Gasteiger partial charge on any atom is 0.280 e. The maximum absolute atomic E-state index is 12.9. The summed E-state index contributed by atoms with van der Waals surface area (Å²) in [7, 11) is -2.55. The van der Waals surface area contributed by atoms with Gasteiger partial charge in [0, 0.05) is 7.05 Å². The van der Waals surface area contributed by atoms with Crippen LogP contribution < -0.4 is 19.5 Å². The van der Waals surface area contributed by atoms with Crippen molar-refractivity contribution in [3.8, 4) is 11.5 Å². The number of fused-ring (bicyclic) bond motifs is 1. The van der Waals surface area contributed by atoms with Crippen molar-refractivity contribution in [2.24, 2.45) is 0 Å². The lowest BCUT2D eigenvalue weighted by atomic mass is 9.99. The van der Waals surface area contributed by atoms with E-state index in [0.29, 0.717) is 17.1 Å². The molecule has 2 heterocycles. The van der Waals surface area contributed by atoms with Crippen LogP contribution in [0, 0.1) is 0 Å². The van der Waals surface area contributed by atoms with E-state index in [4.69, 9.17) is 32.7 Å². The molecule has 0 aliphatic carbocycles. The molecule has 1 amide bonds. The van der Waals surface area contributed by atoms with Gasteiger partial charge in [0.15, 0.2) is 11.5 Å². The molecule has 2 atom stereocenters. The summed E-state index contributed by atoms with van der Waals surface area (Å²) in [5.74, 6) is 0.593. The molecule has 2 aliphatic heterocycles. The maximum atomic E-state index is 12.9. The number of amides is 1. The Balaban J connectivity index is 1.61. The second-order valence-corrected chi connectivity index (χ2v) is 9.22. The molecule has 154 valence electrons. The first-order chi connectivity index (χ1) is 13.8. The lowest BCUT2D eigenvalue weighted by molar-refractivity contribution is -0.120. The highest BCUT2D eigenvalue weighted by Crippen LogP contribution is 2.37. The van der Waals surface area contributed by atoms with Crippen molar-refractivity contribution in [1.82, 2.24) is 9.03 Å². The molecule has 2 N–H and O–H groups in total. The molecule has 0 radical (unpaired) electrons. The predicted octanol–water partition coefficient (Wildman–Crippen LogP) is 2.94. The minimum atomic E-state index is -3.90. The zero-order chi connectivity index (χ0) is 20.8. The van der Waals surface area contributed by atoms with Crippen LogP contribution in [0.1, 0.15) is 18.0 Å². The average molecular weight is 458 g/mol. The number of carbonyl (C=O) groups excluding carboxylic acids is 1. The Morgan fingerprint density at radius 3 is 2.59 bits per heavy atom. The Kier molecular flexibility index (Phi) is 5.34. The third kappa shape index (κ3) is 3.88. The van der Waals surface area contributed by atoms with E-state index in [0.717, 1.165) is 4.31 Å². The van der Waals surface area contributed by atoms with Gasteiger partial charge in [0.05, 0.1) is 21.8 Å². The molecule has 2 unspecified atom stereocenters. The summed E-state index contributed by atoms with van der Waals surface area (Å²) in [4.78, 5) is 12.9. The van der Waals surface area contributed by atoms with Gasteiger partial charge in [0.1, 0.15) is 6.04 Å². The zero-order valence-corrected chi connectivity index (χ0v) is 17.5. The van der Waals surface area contributed by atoms with Crippen molar-refractivity contribution < 1.29 is 22.7 Å². The fourth-order valence-electron chi connectivity index (χ4n) is 3.28. The summed E-state index contributed by atoms with van der Waals surface area (Å²) in [5.41, 5.74) is 0.907. The molecule has 2 aromatic rings. The van der Waals surface area contributed by atoms with Crippen LogP contribution >= 0.6 is 23.2 Å². The van der Waals surface area contributed by atoms with Crippen LogP contribution in [0.3, 0.4) is 0 Å². The van der Waals surface area contributed by atoms with Gasteiger partial charge in [-0.2, -0.15) is 17.4 Å². The van der Waals surface area contributed by atoms with Crippen molar-refractivity contribution in [2.45, 2.75) is 18.5 Å². The average Bonchev–Trinajstić information content (AvgIpc) is 3.14. The van der Waals surface area contributed by atoms with Crippen LogP contribution in [0.2, 0.25) is 10.0 Å². The summed E-state index contributed by atoms with van der Waals surface area (Å²) >= 11 is 12.2. The Labute approximate surface area is 177 Å².